The highest BCUT2D eigenvalue weighted by atomic mass is 35.5. The lowest BCUT2D eigenvalue weighted by Gasteiger charge is -2.20. The van der Waals surface area contributed by atoms with E-state index in [0.717, 1.165) is 16.9 Å². The predicted molar refractivity (Wildman–Crippen MR) is 109 cm³/mol. The zero-order chi connectivity index (χ0) is 19.2. The molecule has 2 heterocycles. The number of hydrogen-bond donors (Lipinski definition) is 3. The summed E-state index contributed by atoms with van der Waals surface area (Å²) in [5.74, 6) is 1.30. The normalized spacial score (nSPS) is 12.0. The average Bonchev–Trinajstić information content (AvgIpc) is 2.66. The first-order chi connectivity index (χ1) is 13.0. The van der Waals surface area contributed by atoms with Gasteiger partial charge in [-0.3, -0.25) is 4.98 Å². The molecule has 2 aromatic heterocycles. The monoisotopic (exact) mass is 383 g/mol. The number of aliphatic hydroxyl groups is 1. The Morgan fingerprint density at radius 1 is 1.07 bits per heavy atom. The summed E-state index contributed by atoms with van der Waals surface area (Å²) < 4.78 is 0. The zero-order valence-corrected chi connectivity index (χ0v) is 16.0. The van der Waals surface area contributed by atoms with Crippen molar-refractivity contribution in [1.29, 1.82) is 0 Å². The molecule has 1 aromatic carbocycles. The van der Waals surface area contributed by atoms with Gasteiger partial charge in [-0.2, -0.15) is 4.98 Å². The van der Waals surface area contributed by atoms with Crippen LogP contribution in [0.4, 0.5) is 17.5 Å². The van der Waals surface area contributed by atoms with Gasteiger partial charge >= 0.3 is 0 Å². The van der Waals surface area contributed by atoms with Crippen LogP contribution in [0.25, 0.3) is 11.3 Å². The molecule has 6 nitrogen and oxygen atoms in total. The molecule has 0 aliphatic heterocycles. The van der Waals surface area contributed by atoms with Crippen LogP contribution in [-0.2, 0) is 0 Å². The van der Waals surface area contributed by atoms with Crippen LogP contribution in [-0.4, -0.2) is 32.7 Å². The smallest absolute Gasteiger partial charge is 0.225 e. The third kappa shape index (κ3) is 5.15. The second-order valence-corrected chi connectivity index (χ2v) is 6.95. The number of aromatic nitrogens is 3. The van der Waals surface area contributed by atoms with Crippen molar-refractivity contribution in [2.24, 2.45) is 5.92 Å². The number of aliphatic hydroxyl groups excluding tert-OH is 1. The topological polar surface area (TPSA) is 83.0 Å². The molecule has 0 saturated heterocycles. The van der Waals surface area contributed by atoms with Crippen molar-refractivity contribution >= 4 is 29.1 Å². The van der Waals surface area contributed by atoms with Gasteiger partial charge in [0.25, 0.3) is 0 Å². The number of anilines is 3. The van der Waals surface area contributed by atoms with E-state index in [1.807, 2.05) is 56.3 Å². The van der Waals surface area contributed by atoms with Crippen molar-refractivity contribution in [1.82, 2.24) is 15.0 Å². The highest BCUT2D eigenvalue weighted by Gasteiger charge is 2.15. The molecule has 0 unspecified atom stereocenters. The molecule has 0 spiro atoms. The molecule has 0 fully saturated rings. The first-order valence-electron chi connectivity index (χ1n) is 8.74. The van der Waals surface area contributed by atoms with Crippen molar-refractivity contribution in [2.45, 2.75) is 19.9 Å². The lowest BCUT2D eigenvalue weighted by atomic mass is 10.1. The van der Waals surface area contributed by atoms with E-state index in [0.29, 0.717) is 16.8 Å². The lowest BCUT2D eigenvalue weighted by Crippen LogP contribution is -2.30. The molecule has 0 aliphatic carbocycles. The molecule has 3 aromatic rings. The van der Waals surface area contributed by atoms with E-state index in [4.69, 9.17) is 11.6 Å². The Balaban J connectivity index is 1.97. The summed E-state index contributed by atoms with van der Waals surface area (Å²) in [6.45, 7) is 4.06. The second-order valence-electron chi connectivity index (χ2n) is 6.51. The Morgan fingerprint density at radius 2 is 1.85 bits per heavy atom. The number of rotatable bonds is 7. The number of pyridine rings is 1. The van der Waals surface area contributed by atoms with Gasteiger partial charge in [-0.1, -0.05) is 31.5 Å². The molecule has 140 valence electrons. The van der Waals surface area contributed by atoms with Crippen LogP contribution in [0.15, 0.2) is 54.9 Å². The van der Waals surface area contributed by atoms with Gasteiger partial charge in [-0.15, -0.1) is 0 Å². The van der Waals surface area contributed by atoms with Crippen molar-refractivity contribution in [3.63, 3.8) is 0 Å². The second kappa shape index (κ2) is 8.79. The van der Waals surface area contributed by atoms with Crippen molar-refractivity contribution in [2.75, 3.05) is 17.2 Å². The summed E-state index contributed by atoms with van der Waals surface area (Å²) >= 11 is 6.07. The van der Waals surface area contributed by atoms with Gasteiger partial charge < -0.3 is 15.7 Å². The van der Waals surface area contributed by atoms with E-state index in [1.54, 1.807) is 12.4 Å². The Kier molecular flexibility index (Phi) is 6.21. The van der Waals surface area contributed by atoms with Gasteiger partial charge in [-0.05, 0) is 36.2 Å². The largest absolute Gasteiger partial charge is 0.394 e. The van der Waals surface area contributed by atoms with E-state index >= 15 is 0 Å². The third-order valence-corrected chi connectivity index (χ3v) is 4.35. The average molecular weight is 384 g/mol. The Labute approximate surface area is 163 Å². The quantitative estimate of drug-likeness (QED) is 0.562. The summed E-state index contributed by atoms with van der Waals surface area (Å²) in [5, 5.41) is 16.7. The molecule has 0 bridgehead atoms. The molecule has 0 aliphatic rings. The van der Waals surface area contributed by atoms with E-state index in [-0.39, 0.29) is 18.6 Å². The number of benzene rings is 1. The predicted octanol–water partition coefficient (Wildman–Crippen LogP) is 4.36. The van der Waals surface area contributed by atoms with Gasteiger partial charge in [0.15, 0.2) is 0 Å². The molecular weight excluding hydrogens is 362 g/mol. The fourth-order valence-electron chi connectivity index (χ4n) is 2.55. The summed E-state index contributed by atoms with van der Waals surface area (Å²) in [7, 11) is 0. The summed E-state index contributed by atoms with van der Waals surface area (Å²) in [5.41, 5.74) is 2.50. The number of nitrogens with one attached hydrogen (secondary N) is 2. The first kappa shape index (κ1) is 19.1. The minimum Gasteiger partial charge on any atom is -0.394 e. The van der Waals surface area contributed by atoms with Crippen molar-refractivity contribution in [3.05, 3.63) is 59.9 Å². The molecule has 1 atom stereocenters. The maximum Gasteiger partial charge on any atom is 0.225 e. The van der Waals surface area contributed by atoms with E-state index in [2.05, 4.69) is 25.6 Å². The Morgan fingerprint density at radius 3 is 2.52 bits per heavy atom. The maximum atomic E-state index is 9.62. The molecule has 3 rings (SSSR count). The lowest BCUT2D eigenvalue weighted by molar-refractivity contribution is 0.248. The maximum absolute atomic E-state index is 9.62. The zero-order valence-electron chi connectivity index (χ0n) is 15.2. The minimum atomic E-state index is -0.142. The van der Waals surface area contributed by atoms with Crippen LogP contribution >= 0.6 is 11.6 Å². The highest BCUT2D eigenvalue weighted by molar-refractivity contribution is 6.30. The Bertz CT molecular complexity index is 889. The van der Waals surface area contributed by atoms with Gasteiger partial charge in [0.2, 0.25) is 5.95 Å². The van der Waals surface area contributed by atoms with Gasteiger partial charge in [0.1, 0.15) is 5.82 Å². The molecule has 0 saturated carbocycles. The molecule has 0 radical (unpaired) electrons. The van der Waals surface area contributed by atoms with Crippen LogP contribution in [0, 0.1) is 5.92 Å². The molecular formula is C20H22ClN5O. The standard InChI is InChI=1S/C20H22ClN5O/c1-13(2)18(12-27)25-20-24-17(14-6-8-22-9-7-14)11-19(26-20)23-16-5-3-4-15(21)10-16/h3-11,13,18,27H,12H2,1-2H3,(H2,23,24,25,26)/t18-/m0/s1. The minimum absolute atomic E-state index is 0.00241. The SMILES string of the molecule is CC(C)[C@H](CO)Nc1nc(Nc2cccc(Cl)c2)cc(-c2ccncc2)n1. The van der Waals surface area contributed by atoms with Crippen molar-refractivity contribution in [3.8, 4) is 11.3 Å². The van der Waals surface area contributed by atoms with Crippen molar-refractivity contribution < 1.29 is 5.11 Å². The fourth-order valence-corrected chi connectivity index (χ4v) is 2.74. The van der Waals surface area contributed by atoms with Crippen LogP contribution in [0.1, 0.15) is 13.8 Å². The highest BCUT2D eigenvalue weighted by Crippen LogP contribution is 2.25. The summed E-state index contributed by atoms with van der Waals surface area (Å²) in [6, 6.07) is 12.9. The van der Waals surface area contributed by atoms with E-state index < -0.39 is 0 Å². The van der Waals surface area contributed by atoms with Crippen LogP contribution < -0.4 is 10.6 Å². The third-order valence-electron chi connectivity index (χ3n) is 4.12. The van der Waals surface area contributed by atoms with E-state index in [1.165, 1.54) is 0 Å². The number of hydrogen-bond acceptors (Lipinski definition) is 6. The van der Waals surface area contributed by atoms with Gasteiger partial charge in [0, 0.05) is 34.7 Å². The van der Waals surface area contributed by atoms with Gasteiger partial charge in [-0.25, -0.2) is 4.98 Å². The molecule has 27 heavy (non-hydrogen) atoms. The Hall–Kier alpha value is -2.70. The number of nitrogens with zero attached hydrogens (tertiary/aromatic N) is 3. The number of halogens is 1. The van der Waals surface area contributed by atoms with Gasteiger partial charge in [0.05, 0.1) is 18.3 Å². The summed E-state index contributed by atoms with van der Waals surface area (Å²) in [6.07, 6.45) is 3.44. The summed E-state index contributed by atoms with van der Waals surface area (Å²) in [4.78, 5) is 13.2. The van der Waals surface area contributed by atoms with Crippen LogP contribution in [0.3, 0.4) is 0 Å². The van der Waals surface area contributed by atoms with Crippen LogP contribution in [0.5, 0.6) is 0 Å². The molecule has 0 amide bonds. The first-order valence-corrected chi connectivity index (χ1v) is 9.12. The fraction of sp³-hybridized carbons (Fsp3) is 0.250. The molecule has 7 heteroatoms. The molecule has 3 N–H and O–H groups in total. The van der Waals surface area contributed by atoms with E-state index in [9.17, 15) is 5.11 Å². The van der Waals surface area contributed by atoms with Crippen LogP contribution in [0.2, 0.25) is 5.02 Å².